The maximum Gasteiger partial charge on any atom is 0.264 e. The highest BCUT2D eigenvalue weighted by atomic mass is 32.2. The minimum absolute atomic E-state index is 0.0658. The normalized spacial score (nSPS) is 16.0. The molecule has 0 radical (unpaired) electrons. The van der Waals surface area contributed by atoms with Crippen molar-refractivity contribution in [2.75, 3.05) is 6.26 Å². The molecule has 0 aromatic heterocycles. The molecule has 6 heteroatoms. The lowest BCUT2D eigenvalue weighted by Gasteiger charge is -2.40. The maximum absolute atomic E-state index is 11.7. The molecule has 0 aliphatic carbocycles. The number of aryl methyl sites for hydroxylation is 1. The van der Waals surface area contributed by atoms with Gasteiger partial charge in [0.05, 0.1) is 12.4 Å². The summed E-state index contributed by atoms with van der Waals surface area (Å²) in [7, 11) is -5.52. The van der Waals surface area contributed by atoms with Crippen LogP contribution in [0.4, 0.5) is 0 Å². The first-order chi connectivity index (χ1) is 10.8. The quantitative estimate of drug-likeness (QED) is 0.502. The van der Waals surface area contributed by atoms with E-state index in [9.17, 15) is 8.42 Å². The summed E-state index contributed by atoms with van der Waals surface area (Å²) in [6, 6.07) is 10.0. The second-order valence-electron chi connectivity index (χ2n) is 7.95. The third-order valence-electron chi connectivity index (χ3n) is 4.67. The molecule has 0 spiro atoms. The average Bonchev–Trinajstić information content (AvgIpc) is 2.41. The Morgan fingerprint density at radius 2 is 1.67 bits per heavy atom. The Morgan fingerprint density at radius 1 is 1.12 bits per heavy atom. The third-order valence-corrected chi connectivity index (χ3v) is 9.84. The molecule has 2 atom stereocenters. The third kappa shape index (κ3) is 7.05. The Kier molecular flexibility index (Phi) is 7.23. The smallest absolute Gasteiger partial charge is 0.264 e. The van der Waals surface area contributed by atoms with Crippen molar-refractivity contribution in [2.45, 2.75) is 70.9 Å². The first-order valence-electron chi connectivity index (χ1n) is 8.42. The summed E-state index contributed by atoms with van der Waals surface area (Å²) in [5, 5.41) is 0.0658. The van der Waals surface area contributed by atoms with Crippen molar-refractivity contribution in [1.29, 1.82) is 0 Å². The minimum Gasteiger partial charge on any atom is -0.412 e. The van der Waals surface area contributed by atoms with Crippen LogP contribution >= 0.6 is 0 Å². The Balaban J connectivity index is 2.84. The van der Waals surface area contributed by atoms with E-state index < -0.39 is 24.5 Å². The van der Waals surface area contributed by atoms with E-state index in [0.29, 0.717) is 6.42 Å². The van der Waals surface area contributed by atoms with E-state index in [-0.39, 0.29) is 11.1 Å². The monoisotopic (exact) mass is 372 g/mol. The van der Waals surface area contributed by atoms with Crippen LogP contribution in [0.5, 0.6) is 0 Å². The molecule has 0 fully saturated rings. The van der Waals surface area contributed by atoms with Crippen LogP contribution in [0.15, 0.2) is 30.3 Å². The number of hydrogen-bond donors (Lipinski definition) is 0. The van der Waals surface area contributed by atoms with Crippen molar-refractivity contribution < 1.29 is 17.0 Å². The fourth-order valence-corrected chi connectivity index (χ4v) is 4.39. The second kappa shape index (κ2) is 8.12. The zero-order valence-corrected chi connectivity index (χ0v) is 17.8. The maximum atomic E-state index is 11.7. The van der Waals surface area contributed by atoms with Crippen LogP contribution < -0.4 is 0 Å². The van der Waals surface area contributed by atoms with Crippen LogP contribution in [0.2, 0.25) is 18.1 Å². The van der Waals surface area contributed by atoms with Crippen LogP contribution in [-0.4, -0.2) is 35.2 Å². The minimum atomic E-state index is -3.53. The van der Waals surface area contributed by atoms with Crippen molar-refractivity contribution in [3.05, 3.63) is 35.9 Å². The van der Waals surface area contributed by atoms with E-state index in [1.165, 1.54) is 5.56 Å². The van der Waals surface area contributed by atoms with E-state index in [0.717, 1.165) is 12.7 Å². The fourth-order valence-electron chi connectivity index (χ4n) is 2.26. The van der Waals surface area contributed by atoms with Gasteiger partial charge in [-0.05, 0) is 43.5 Å². The van der Waals surface area contributed by atoms with Gasteiger partial charge in [-0.15, -0.1) is 0 Å². The van der Waals surface area contributed by atoms with Crippen LogP contribution in [0.3, 0.4) is 0 Å². The van der Waals surface area contributed by atoms with Gasteiger partial charge in [-0.25, -0.2) is 0 Å². The van der Waals surface area contributed by atoms with Gasteiger partial charge in [0.1, 0.15) is 6.10 Å². The molecule has 0 bridgehead atoms. The van der Waals surface area contributed by atoms with E-state index in [1.54, 1.807) is 0 Å². The van der Waals surface area contributed by atoms with Crippen LogP contribution in [0, 0.1) is 0 Å². The Bertz CT molecular complexity index is 606. The van der Waals surface area contributed by atoms with Gasteiger partial charge in [0.25, 0.3) is 10.1 Å². The second-order valence-corrected chi connectivity index (χ2v) is 14.3. The molecule has 4 nitrogen and oxygen atoms in total. The Labute approximate surface area is 148 Å². The summed E-state index contributed by atoms with van der Waals surface area (Å²) in [6.07, 6.45) is 1.71. The Hall–Kier alpha value is -0.693. The van der Waals surface area contributed by atoms with Gasteiger partial charge in [-0.3, -0.25) is 4.18 Å². The van der Waals surface area contributed by atoms with Crippen molar-refractivity contribution in [3.63, 3.8) is 0 Å². The van der Waals surface area contributed by atoms with Gasteiger partial charge in [-0.1, -0.05) is 51.1 Å². The summed E-state index contributed by atoms with van der Waals surface area (Å²) >= 11 is 0. The molecule has 1 aromatic carbocycles. The standard InChI is InChI=1S/C18H32O4SSi/c1-15(22-24(6,7)18(2,3)4)17(21-23(5,19)20)14-13-16-11-9-8-10-12-16/h8-12,15,17H,13-14H2,1-7H3/t15-,17-/m0/s1. The van der Waals surface area contributed by atoms with Gasteiger partial charge in [0.2, 0.25) is 0 Å². The highest BCUT2D eigenvalue weighted by Gasteiger charge is 2.40. The molecule has 0 heterocycles. The van der Waals surface area contributed by atoms with Crippen LogP contribution in [0.25, 0.3) is 0 Å². The molecule has 0 saturated heterocycles. The number of benzene rings is 1. The van der Waals surface area contributed by atoms with Gasteiger partial charge in [0, 0.05) is 0 Å². The highest BCUT2D eigenvalue weighted by Crippen LogP contribution is 2.38. The summed E-state index contributed by atoms with van der Waals surface area (Å²) in [4.78, 5) is 0. The summed E-state index contributed by atoms with van der Waals surface area (Å²) in [5.74, 6) is 0. The van der Waals surface area contributed by atoms with Crippen molar-refractivity contribution in [3.8, 4) is 0 Å². The van der Waals surface area contributed by atoms with Crippen LogP contribution in [-0.2, 0) is 25.1 Å². The Morgan fingerprint density at radius 3 is 2.12 bits per heavy atom. The molecule has 24 heavy (non-hydrogen) atoms. The van der Waals surface area contributed by atoms with Crippen molar-refractivity contribution >= 4 is 18.4 Å². The number of hydrogen-bond acceptors (Lipinski definition) is 4. The predicted octanol–water partition coefficient (Wildman–Crippen LogP) is 4.37. The van der Waals surface area contributed by atoms with E-state index in [1.807, 2.05) is 37.3 Å². The predicted molar refractivity (Wildman–Crippen MR) is 102 cm³/mol. The highest BCUT2D eigenvalue weighted by molar-refractivity contribution is 7.86. The van der Waals surface area contributed by atoms with Gasteiger partial charge in [0.15, 0.2) is 8.32 Å². The molecular weight excluding hydrogens is 340 g/mol. The largest absolute Gasteiger partial charge is 0.412 e. The van der Waals surface area contributed by atoms with Crippen molar-refractivity contribution in [1.82, 2.24) is 0 Å². The lowest BCUT2D eigenvalue weighted by atomic mass is 10.0. The molecule has 0 saturated carbocycles. The molecule has 0 N–H and O–H groups in total. The number of rotatable bonds is 8. The molecule has 138 valence electrons. The average molecular weight is 373 g/mol. The van der Waals surface area contributed by atoms with E-state index in [4.69, 9.17) is 8.61 Å². The molecular formula is C18H32O4SSi. The fraction of sp³-hybridized carbons (Fsp3) is 0.667. The van der Waals surface area contributed by atoms with Gasteiger partial charge in [-0.2, -0.15) is 8.42 Å². The zero-order chi connectivity index (χ0) is 18.6. The first kappa shape index (κ1) is 21.3. The van der Waals surface area contributed by atoms with Crippen molar-refractivity contribution in [2.24, 2.45) is 0 Å². The SMILES string of the molecule is C[C@H](O[Si](C)(C)C(C)(C)C)[C@H](CCc1ccccc1)OS(C)(=O)=O. The zero-order valence-electron chi connectivity index (χ0n) is 16.0. The topological polar surface area (TPSA) is 52.6 Å². The molecule has 1 rings (SSSR count). The first-order valence-corrected chi connectivity index (χ1v) is 13.1. The molecule has 0 aliphatic heterocycles. The van der Waals surface area contributed by atoms with E-state index in [2.05, 4.69) is 33.9 Å². The summed E-state index contributed by atoms with van der Waals surface area (Å²) in [6.45, 7) is 12.8. The molecule has 0 unspecified atom stereocenters. The summed E-state index contributed by atoms with van der Waals surface area (Å²) in [5.41, 5.74) is 1.17. The summed E-state index contributed by atoms with van der Waals surface area (Å²) < 4.78 is 35.0. The molecule has 0 amide bonds. The lowest BCUT2D eigenvalue weighted by Crippen LogP contribution is -2.47. The van der Waals surface area contributed by atoms with Gasteiger partial charge >= 0.3 is 0 Å². The lowest BCUT2D eigenvalue weighted by molar-refractivity contribution is 0.0559. The van der Waals surface area contributed by atoms with Gasteiger partial charge < -0.3 is 4.43 Å². The van der Waals surface area contributed by atoms with E-state index >= 15 is 0 Å². The van der Waals surface area contributed by atoms with Crippen LogP contribution in [0.1, 0.15) is 39.7 Å². The molecule has 1 aromatic rings. The molecule has 0 aliphatic rings.